The van der Waals surface area contributed by atoms with Gasteiger partial charge in [0.25, 0.3) is 0 Å². The molecule has 0 saturated heterocycles. The molecule has 1 N–H and O–H groups in total. The van der Waals surface area contributed by atoms with Gasteiger partial charge in [0.2, 0.25) is 0 Å². The Balaban J connectivity index is 2.52. The predicted octanol–water partition coefficient (Wildman–Crippen LogP) is 5.18. The average molecular weight is 306 g/mol. The molecule has 21 heavy (non-hydrogen) atoms. The molecule has 2 rings (SSSR count). The number of rotatable bonds is 5. The second-order valence-corrected chi connectivity index (χ2v) is 5.77. The van der Waals surface area contributed by atoms with Crippen molar-refractivity contribution in [2.24, 2.45) is 0 Å². The topological polar surface area (TPSA) is 12.0 Å². The summed E-state index contributed by atoms with van der Waals surface area (Å²) >= 11 is 6.23. The molecule has 0 aliphatic carbocycles. The van der Waals surface area contributed by atoms with Crippen molar-refractivity contribution in [2.75, 3.05) is 6.54 Å². The van der Waals surface area contributed by atoms with Crippen LogP contribution in [0.4, 0.5) is 4.39 Å². The van der Waals surface area contributed by atoms with Gasteiger partial charge in [-0.15, -0.1) is 0 Å². The van der Waals surface area contributed by atoms with Gasteiger partial charge in [0, 0.05) is 10.6 Å². The first-order valence-electron chi connectivity index (χ1n) is 7.29. The minimum atomic E-state index is -0.187. The van der Waals surface area contributed by atoms with Crippen molar-refractivity contribution in [1.82, 2.24) is 5.32 Å². The number of hydrogen-bond acceptors (Lipinski definition) is 1. The fourth-order valence-corrected chi connectivity index (χ4v) is 2.68. The zero-order valence-corrected chi connectivity index (χ0v) is 13.5. The highest BCUT2D eigenvalue weighted by Crippen LogP contribution is 2.30. The molecule has 0 aromatic heterocycles. The lowest BCUT2D eigenvalue weighted by Gasteiger charge is -2.23. The standard InChI is InChI=1S/C18H21ClFN/c1-4-10-21-18(14-6-5-7-16(19)13(14)3)15-11-12(2)8-9-17(15)20/h5-9,11,18,21H,4,10H2,1-3H3. The summed E-state index contributed by atoms with van der Waals surface area (Å²) in [5, 5.41) is 4.15. The molecule has 0 aliphatic heterocycles. The van der Waals surface area contributed by atoms with Gasteiger partial charge in [0.1, 0.15) is 5.82 Å². The van der Waals surface area contributed by atoms with E-state index in [1.807, 2.05) is 38.1 Å². The van der Waals surface area contributed by atoms with Gasteiger partial charge in [-0.3, -0.25) is 0 Å². The van der Waals surface area contributed by atoms with Crippen LogP contribution in [0.3, 0.4) is 0 Å². The second-order valence-electron chi connectivity index (χ2n) is 5.37. The van der Waals surface area contributed by atoms with Crippen molar-refractivity contribution >= 4 is 11.6 Å². The summed E-state index contributed by atoms with van der Waals surface area (Å²) in [5.74, 6) is -0.187. The van der Waals surface area contributed by atoms with Gasteiger partial charge >= 0.3 is 0 Å². The lowest BCUT2D eigenvalue weighted by Crippen LogP contribution is -2.25. The molecule has 1 unspecified atom stereocenters. The lowest BCUT2D eigenvalue weighted by molar-refractivity contribution is 0.545. The molecule has 0 aliphatic rings. The van der Waals surface area contributed by atoms with Crippen molar-refractivity contribution < 1.29 is 4.39 Å². The number of aryl methyl sites for hydroxylation is 1. The molecule has 0 saturated carbocycles. The van der Waals surface area contributed by atoms with Gasteiger partial charge in [-0.1, -0.05) is 48.4 Å². The summed E-state index contributed by atoms with van der Waals surface area (Å²) < 4.78 is 14.3. The Morgan fingerprint density at radius 1 is 1.14 bits per heavy atom. The third kappa shape index (κ3) is 3.63. The molecule has 0 fully saturated rings. The lowest BCUT2D eigenvalue weighted by atomic mass is 9.93. The highest BCUT2D eigenvalue weighted by molar-refractivity contribution is 6.31. The maximum absolute atomic E-state index is 14.3. The Labute approximate surface area is 131 Å². The third-order valence-electron chi connectivity index (χ3n) is 3.68. The molecule has 2 aromatic rings. The molecule has 1 nitrogen and oxygen atoms in total. The predicted molar refractivity (Wildman–Crippen MR) is 87.5 cm³/mol. The Hall–Kier alpha value is -1.38. The van der Waals surface area contributed by atoms with Gasteiger partial charge in [-0.2, -0.15) is 0 Å². The number of nitrogens with one attached hydrogen (secondary N) is 1. The molecule has 0 spiro atoms. The van der Waals surface area contributed by atoms with Gasteiger partial charge in [0.15, 0.2) is 0 Å². The molecule has 0 amide bonds. The largest absolute Gasteiger partial charge is 0.306 e. The van der Waals surface area contributed by atoms with Gasteiger partial charge in [-0.25, -0.2) is 4.39 Å². The van der Waals surface area contributed by atoms with Crippen LogP contribution in [0.25, 0.3) is 0 Å². The number of halogens is 2. The van der Waals surface area contributed by atoms with Crippen molar-refractivity contribution in [3.63, 3.8) is 0 Å². The molecule has 0 heterocycles. The van der Waals surface area contributed by atoms with Gasteiger partial charge in [0.05, 0.1) is 6.04 Å². The van der Waals surface area contributed by atoms with E-state index in [1.54, 1.807) is 6.07 Å². The Bertz CT molecular complexity index is 623. The van der Waals surface area contributed by atoms with E-state index >= 15 is 0 Å². The minimum absolute atomic E-state index is 0.177. The quantitative estimate of drug-likeness (QED) is 0.802. The minimum Gasteiger partial charge on any atom is -0.306 e. The van der Waals surface area contributed by atoms with Gasteiger partial charge in [-0.05, 0) is 50.1 Å². The van der Waals surface area contributed by atoms with Crippen LogP contribution >= 0.6 is 11.6 Å². The fourth-order valence-electron chi connectivity index (χ4n) is 2.50. The van der Waals surface area contributed by atoms with Crippen LogP contribution in [0.2, 0.25) is 5.02 Å². The first-order chi connectivity index (χ1) is 10.0. The van der Waals surface area contributed by atoms with E-state index in [4.69, 9.17) is 11.6 Å². The van der Waals surface area contributed by atoms with E-state index in [-0.39, 0.29) is 11.9 Å². The summed E-state index contributed by atoms with van der Waals surface area (Å²) in [7, 11) is 0. The molecule has 0 bridgehead atoms. The van der Waals surface area contributed by atoms with Crippen LogP contribution in [-0.4, -0.2) is 6.54 Å². The van der Waals surface area contributed by atoms with Crippen molar-refractivity contribution in [1.29, 1.82) is 0 Å². The maximum Gasteiger partial charge on any atom is 0.128 e. The maximum atomic E-state index is 14.3. The monoisotopic (exact) mass is 305 g/mol. The van der Waals surface area contributed by atoms with Crippen LogP contribution in [0, 0.1) is 19.7 Å². The first-order valence-corrected chi connectivity index (χ1v) is 7.66. The zero-order chi connectivity index (χ0) is 15.4. The highest BCUT2D eigenvalue weighted by atomic mass is 35.5. The van der Waals surface area contributed by atoms with Crippen molar-refractivity contribution in [2.45, 2.75) is 33.2 Å². The second kappa shape index (κ2) is 7.06. The highest BCUT2D eigenvalue weighted by Gasteiger charge is 2.20. The molecule has 112 valence electrons. The summed E-state index contributed by atoms with van der Waals surface area (Å²) in [6, 6.07) is 10.8. The summed E-state index contributed by atoms with van der Waals surface area (Å²) in [4.78, 5) is 0. The van der Waals surface area contributed by atoms with E-state index in [0.717, 1.165) is 29.7 Å². The number of hydrogen-bond donors (Lipinski definition) is 1. The summed E-state index contributed by atoms with van der Waals surface area (Å²) in [5.41, 5.74) is 3.75. The molecule has 2 aromatic carbocycles. The van der Waals surface area contributed by atoms with Crippen LogP contribution in [0.5, 0.6) is 0 Å². The fraction of sp³-hybridized carbons (Fsp3) is 0.333. The average Bonchev–Trinajstić information content (AvgIpc) is 2.47. The molecule has 1 atom stereocenters. The van der Waals surface area contributed by atoms with Crippen molar-refractivity contribution in [3.8, 4) is 0 Å². The van der Waals surface area contributed by atoms with Crippen LogP contribution in [0.15, 0.2) is 36.4 Å². The van der Waals surface area contributed by atoms with E-state index in [2.05, 4.69) is 12.2 Å². The van der Waals surface area contributed by atoms with Crippen LogP contribution in [0.1, 0.15) is 41.6 Å². The van der Waals surface area contributed by atoms with E-state index in [0.29, 0.717) is 10.6 Å². The van der Waals surface area contributed by atoms with Crippen LogP contribution in [-0.2, 0) is 0 Å². The van der Waals surface area contributed by atoms with Gasteiger partial charge < -0.3 is 5.32 Å². The zero-order valence-electron chi connectivity index (χ0n) is 12.7. The van der Waals surface area contributed by atoms with E-state index in [1.165, 1.54) is 6.07 Å². The van der Waals surface area contributed by atoms with Crippen molar-refractivity contribution in [3.05, 3.63) is 69.5 Å². The summed E-state index contributed by atoms with van der Waals surface area (Å²) in [6.07, 6.45) is 0.990. The third-order valence-corrected chi connectivity index (χ3v) is 4.09. The summed E-state index contributed by atoms with van der Waals surface area (Å²) in [6.45, 7) is 6.88. The van der Waals surface area contributed by atoms with E-state index < -0.39 is 0 Å². The molecule has 0 radical (unpaired) electrons. The Kier molecular flexibility index (Phi) is 5.38. The Morgan fingerprint density at radius 3 is 2.62 bits per heavy atom. The normalized spacial score (nSPS) is 12.4. The first kappa shape index (κ1) is 16.0. The number of benzene rings is 2. The van der Waals surface area contributed by atoms with E-state index in [9.17, 15) is 4.39 Å². The Morgan fingerprint density at radius 2 is 1.90 bits per heavy atom. The molecule has 3 heteroatoms. The molecular weight excluding hydrogens is 285 g/mol. The SMILES string of the molecule is CCCNC(c1cc(C)ccc1F)c1cccc(Cl)c1C. The van der Waals surface area contributed by atoms with Crippen LogP contribution < -0.4 is 5.32 Å². The smallest absolute Gasteiger partial charge is 0.128 e. The molecular formula is C18H21ClFN.